The van der Waals surface area contributed by atoms with Crippen LogP contribution in [0.25, 0.3) is 11.0 Å². The zero-order valence-corrected chi connectivity index (χ0v) is 32.5. The van der Waals surface area contributed by atoms with Gasteiger partial charge in [0.25, 0.3) is 5.91 Å². The Hall–Kier alpha value is -2.32. The van der Waals surface area contributed by atoms with Crippen LogP contribution in [-0.4, -0.2) is 27.5 Å². The van der Waals surface area contributed by atoms with Crippen molar-refractivity contribution in [2.45, 2.75) is 42.0 Å². The molecule has 1 amide bonds. The minimum Gasteiger partial charge on any atom is -0.790 e. The first kappa shape index (κ1) is 39.1. The average Bonchev–Trinajstić information content (AvgIpc) is 3.02. The molecule has 0 aliphatic carbocycles. The Morgan fingerprint density at radius 3 is 2.36 bits per heavy atom. The van der Waals surface area contributed by atoms with E-state index in [1.54, 1.807) is 55.5 Å². The van der Waals surface area contributed by atoms with Crippen LogP contribution in [0.2, 0.25) is 0 Å². The maximum absolute atomic E-state index is 13.7. The second kappa shape index (κ2) is 16.9. The van der Waals surface area contributed by atoms with Crippen LogP contribution in [0.5, 0.6) is 0 Å². The molecule has 5 rings (SSSR count). The molecule has 0 radical (unpaired) electrons. The molecule has 232 valence electrons. The summed E-state index contributed by atoms with van der Waals surface area (Å²) in [5.74, 6) is 0.211. The number of anilines is 3. The van der Waals surface area contributed by atoms with Gasteiger partial charge in [-0.3, -0.25) is 4.79 Å². The molecule has 0 spiro atoms. The number of hydrogen-bond donors (Lipinski definition) is 3. The number of benzene rings is 3. The van der Waals surface area contributed by atoms with E-state index >= 15 is 0 Å². The van der Waals surface area contributed by atoms with Crippen molar-refractivity contribution < 1.29 is 82.8 Å². The Morgan fingerprint density at radius 2 is 1.70 bits per heavy atom. The number of carbonyl (C=O) groups is 1. The molecule has 1 atom stereocenters. The van der Waals surface area contributed by atoms with Crippen molar-refractivity contribution in [1.29, 1.82) is 0 Å². The predicted molar refractivity (Wildman–Crippen MR) is 171 cm³/mol. The van der Waals surface area contributed by atoms with E-state index in [1.807, 2.05) is 36.4 Å². The summed E-state index contributed by atoms with van der Waals surface area (Å²) in [6.45, 7) is 5.12. The fourth-order valence-corrected chi connectivity index (χ4v) is 5.85. The normalized spacial score (nSPS) is 12.5. The van der Waals surface area contributed by atoms with Gasteiger partial charge in [0.1, 0.15) is 12.1 Å². The van der Waals surface area contributed by atoms with Gasteiger partial charge in [-0.1, -0.05) is 55.9 Å². The van der Waals surface area contributed by atoms with Gasteiger partial charge in [-0.25, -0.2) is 15.0 Å². The van der Waals surface area contributed by atoms with Gasteiger partial charge >= 0.3 is 59.1 Å². The zero-order valence-electron chi connectivity index (χ0n) is 26.8. The van der Waals surface area contributed by atoms with Gasteiger partial charge in [0.2, 0.25) is 0 Å². The molecule has 5 aromatic rings. The Balaban J connectivity index is 0.00000300. The van der Waals surface area contributed by atoms with Crippen LogP contribution >= 0.6 is 19.6 Å². The second-order valence-electron chi connectivity index (χ2n) is 10.9. The van der Waals surface area contributed by atoms with Crippen molar-refractivity contribution in [2.75, 3.05) is 17.7 Å². The Bertz CT molecular complexity index is 1880. The number of nitrogens with two attached hydrogens (primary N) is 1. The van der Waals surface area contributed by atoms with Crippen LogP contribution < -0.4 is 85.3 Å². The van der Waals surface area contributed by atoms with E-state index in [1.165, 1.54) is 18.1 Å². The van der Waals surface area contributed by atoms with Gasteiger partial charge in [0.15, 0.2) is 5.65 Å². The van der Waals surface area contributed by atoms with Crippen LogP contribution in [0.3, 0.4) is 0 Å². The number of hydrogen-bond acceptors (Lipinski definition) is 11. The smallest absolute Gasteiger partial charge is 0.790 e. The van der Waals surface area contributed by atoms with E-state index in [4.69, 9.17) is 5.73 Å². The van der Waals surface area contributed by atoms with E-state index < -0.39 is 25.9 Å². The molecule has 47 heavy (non-hydrogen) atoms. The molecule has 2 heterocycles. The third-order valence-electron chi connectivity index (χ3n) is 7.02. The Kier molecular flexibility index (Phi) is 14.0. The van der Waals surface area contributed by atoms with Crippen LogP contribution in [-0.2, 0) is 14.6 Å². The van der Waals surface area contributed by atoms with E-state index in [-0.39, 0.29) is 70.6 Å². The minimum absolute atomic E-state index is 0. The number of fused-ring (bicyclic) bond motifs is 1. The summed E-state index contributed by atoms with van der Waals surface area (Å²) < 4.78 is 16.0. The number of nitrogen functional groups attached to an aromatic ring is 1. The molecule has 0 aliphatic rings. The molecule has 11 nitrogen and oxygen atoms in total. The monoisotopic (exact) mass is 688 g/mol. The number of rotatable bonds is 11. The average molecular weight is 689 g/mol. The van der Waals surface area contributed by atoms with E-state index in [0.717, 1.165) is 15.5 Å². The molecule has 3 aromatic carbocycles. The number of pyridine rings is 1. The summed E-state index contributed by atoms with van der Waals surface area (Å²) in [7, 11) is -5.31. The number of phosphoric ester groups is 1. The van der Waals surface area contributed by atoms with Crippen molar-refractivity contribution in [3.05, 3.63) is 108 Å². The van der Waals surface area contributed by atoms with Crippen molar-refractivity contribution in [2.24, 2.45) is 0 Å². The molecule has 0 saturated carbocycles. The van der Waals surface area contributed by atoms with Crippen molar-refractivity contribution in [3.63, 3.8) is 0 Å². The second-order valence-corrected chi connectivity index (χ2v) is 13.1. The quantitative estimate of drug-likeness (QED) is 0.0893. The molecule has 15 heteroatoms. The van der Waals surface area contributed by atoms with Crippen LogP contribution in [0.1, 0.15) is 48.3 Å². The summed E-state index contributed by atoms with van der Waals surface area (Å²) >= 11 is 1.47. The van der Waals surface area contributed by atoms with Gasteiger partial charge < -0.3 is 35.2 Å². The molecule has 0 bridgehead atoms. The minimum atomic E-state index is -5.31. The van der Waals surface area contributed by atoms with Gasteiger partial charge in [-0.05, 0) is 73.0 Å². The first-order chi connectivity index (χ1) is 21.4. The van der Waals surface area contributed by atoms with Gasteiger partial charge in [0.05, 0.1) is 31.0 Å². The van der Waals surface area contributed by atoms with E-state index in [2.05, 4.69) is 44.0 Å². The number of phosphoric acid groups is 1. The summed E-state index contributed by atoms with van der Waals surface area (Å²) in [6.07, 6.45) is 1.43. The summed E-state index contributed by atoms with van der Waals surface area (Å²) in [5, 5.41) is 6.94. The summed E-state index contributed by atoms with van der Waals surface area (Å²) in [5.41, 5.74) is 8.03. The fraction of sp³-hybridized carbons (Fsp3) is 0.188. The standard InChI is InChI=1S/C32H33N6O5PS.2Na/c1-20(2)26-15-14-25-29(36-26)34-19-35-30(25)37-27-17-21(9-16-28(27)45-24-12-10-23(33)11-13-24)31(39)38-32(3,18-43-44(40,41)42)22-7-5-4-6-8-22;;/h4-17,19-20H,18,33H2,1-3H3,(H,38,39)(H2,40,41,42)(H,34,35,36,37);;/q;2*+1/p-2. The van der Waals surface area contributed by atoms with Gasteiger partial charge in [0, 0.05) is 26.7 Å². The zero-order chi connectivity index (χ0) is 32.2. The SMILES string of the molecule is CC(C)c1ccc2c(Nc3cc(C(=O)NC(C)(COP(=O)([O-])[O-])c4ccccc4)ccc3Sc3ccc(N)cc3)ncnc2n1.[Na+].[Na+]. The van der Waals surface area contributed by atoms with Crippen molar-refractivity contribution in [1.82, 2.24) is 20.3 Å². The Labute approximate surface area is 321 Å². The third kappa shape index (κ3) is 10.3. The molecule has 0 aliphatic heterocycles. The molecule has 0 fully saturated rings. The first-order valence-electron chi connectivity index (χ1n) is 14.0. The topological polar surface area (TPSA) is 178 Å². The van der Waals surface area contributed by atoms with Crippen molar-refractivity contribution in [3.8, 4) is 0 Å². The van der Waals surface area contributed by atoms with E-state index in [9.17, 15) is 19.1 Å². The maximum atomic E-state index is 13.7. The van der Waals surface area contributed by atoms with Crippen LogP contribution in [0, 0.1) is 0 Å². The summed E-state index contributed by atoms with van der Waals surface area (Å²) in [4.78, 5) is 51.6. The predicted octanol–water partition coefficient (Wildman–Crippen LogP) is -0.876. The summed E-state index contributed by atoms with van der Waals surface area (Å²) in [6, 6.07) is 25.1. The Morgan fingerprint density at radius 1 is 1.00 bits per heavy atom. The first-order valence-corrected chi connectivity index (χ1v) is 16.3. The number of nitrogens with zero attached hydrogens (tertiary/aromatic N) is 3. The number of amides is 1. The van der Waals surface area contributed by atoms with Crippen LogP contribution in [0.15, 0.2) is 101 Å². The number of carbonyl (C=O) groups excluding carboxylic acids is 1. The molecular weight excluding hydrogens is 657 g/mol. The number of nitrogens with one attached hydrogen (secondary N) is 2. The third-order valence-corrected chi connectivity index (χ3v) is 8.55. The molecule has 2 aromatic heterocycles. The number of aromatic nitrogens is 3. The van der Waals surface area contributed by atoms with Crippen molar-refractivity contribution >= 4 is 53.7 Å². The van der Waals surface area contributed by atoms with Gasteiger partial charge in [-0.2, -0.15) is 0 Å². The molecular formula is C32H31N6Na2O5PS. The molecule has 1 unspecified atom stereocenters. The van der Waals surface area contributed by atoms with Gasteiger partial charge in [-0.15, -0.1) is 0 Å². The maximum Gasteiger partial charge on any atom is 1.00 e. The largest absolute Gasteiger partial charge is 1.00 e. The van der Waals surface area contributed by atoms with E-state index in [0.29, 0.717) is 33.8 Å². The molecule has 0 saturated heterocycles. The van der Waals surface area contributed by atoms with Crippen LogP contribution in [0.4, 0.5) is 17.2 Å². The fourth-order valence-electron chi connectivity index (χ4n) is 4.56. The molecule has 4 N–H and O–H groups in total.